The summed E-state index contributed by atoms with van der Waals surface area (Å²) in [5, 5.41) is 1.12. The van der Waals surface area contributed by atoms with Gasteiger partial charge in [-0.05, 0) is 12.2 Å². The first kappa shape index (κ1) is 15.4. The van der Waals surface area contributed by atoms with Gasteiger partial charge in [0, 0.05) is 20.0 Å². The molecule has 0 aliphatic heterocycles. The first-order chi connectivity index (χ1) is 8.42. The third kappa shape index (κ3) is 3.20. The van der Waals surface area contributed by atoms with Gasteiger partial charge < -0.3 is 10.6 Å². The van der Waals surface area contributed by atoms with E-state index < -0.39 is 0 Å². The highest BCUT2D eigenvalue weighted by Crippen LogP contribution is 2.43. The zero-order valence-corrected chi connectivity index (χ0v) is 13.4. The van der Waals surface area contributed by atoms with Crippen molar-refractivity contribution in [1.82, 2.24) is 0 Å². The van der Waals surface area contributed by atoms with Gasteiger partial charge in [-0.3, -0.25) is 4.79 Å². The lowest BCUT2D eigenvalue weighted by Crippen LogP contribution is -2.21. The molecule has 0 amide bonds. The monoisotopic (exact) mass is 286 g/mol. The summed E-state index contributed by atoms with van der Waals surface area (Å²) >= 11 is 3.14. The predicted octanol–water partition coefficient (Wildman–Crippen LogP) is 3.74. The molecule has 1 aromatic heterocycles. The second kappa shape index (κ2) is 6.48. The van der Waals surface area contributed by atoms with E-state index in [9.17, 15) is 4.79 Å². The van der Waals surface area contributed by atoms with Crippen LogP contribution in [0.1, 0.15) is 36.9 Å². The topological polar surface area (TPSA) is 46.3 Å². The number of carbonyl (C=O) groups is 1. The predicted molar refractivity (Wildman–Crippen MR) is 83.2 cm³/mol. The number of hydrogen-bond acceptors (Lipinski definition) is 5. The molecular weight excluding hydrogens is 264 g/mol. The third-order valence-corrected chi connectivity index (χ3v) is 4.96. The number of hydrogen-bond donors (Lipinski definition) is 1. The van der Waals surface area contributed by atoms with Crippen molar-refractivity contribution in [3.05, 3.63) is 4.88 Å². The Morgan fingerprint density at radius 1 is 1.50 bits per heavy atom. The number of nitrogen functional groups attached to an aromatic ring is 1. The molecule has 0 atom stereocenters. The van der Waals surface area contributed by atoms with Crippen LogP contribution in [-0.4, -0.2) is 25.6 Å². The molecular formula is C13H22N2OS2. The van der Waals surface area contributed by atoms with E-state index in [1.54, 1.807) is 11.8 Å². The van der Waals surface area contributed by atoms with Crippen LogP contribution in [0.5, 0.6) is 0 Å². The number of carbonyl (C=O) groups excluding carboxylic acids is 1. The number of nitrogens with zero attached hydrogens (tertiary/aromatic N) is 1. The Labute approximate surface area is 118 Å². The van der Waals surface area contributed by atoms with Crippen LogP contribution in [-0.2, 0) is 0 Å². The molecule has 1 rings (SSSR count). The molecule has 0 aliphatic rings. The Kier molecular flexibility index (Phi) is 5.53. The first-order valence-corrected chi connectivity index (χ1v) is 8.17. The van der Waals surface area contributed by atoms with Crippen LogP contribution >= 0.6 is 23.1 Å². The highest BCUT2D eigenvalue weighted by Gasteiger charge is 2.21. The van der Waals surface area contributed by atoms with Crippen LogP contribution in [0.4, 0.5) is 10.7 Å². The van der Waals surface area contributed by atoms with Crippen LogP contribution in [0.3, 0.4) is 0 Å². The maximum absolute atomic E-state index is 11.9. The zero-order chi connectivity index (χ0) is 13.9. The average molecular weight is 286 g/mol. The summed E-state index contributed by atoms with van der Waals surface area (Å²) in [6.45, 7) is 7.21. The molecule has 2 N–H and O–H groups in total. The van der Waals surface area contributed by atoms with Gasteiger partial charge in [0.15, 0.2) is 5.78 Å². The Morgan fingerprint density at radius 3 is 2.56 bits per heavy atom. The van der Waals surface area contributed by atoms with E-state index >= 15 is 0 Å². The van der Waals surface area contributed by atoms with Crippen LogP contribution in [0.2, 0.25) is 0 Å². The number of rotatable bonds is 6. The standard InChI is InChI=1S/C13H22N2OS2/c1-6-9(16)11-10(14)12(17-5)13(18-11)15(4)7-8(2)3/h8H,6-7,14H2,1-5H3. The molecule has 0 radical (unpaired) electrons. The minimum atomic E-state index is 0.136. The van der Waals surface area contributed by atoms with Crippen molar-refractivity contribution in [3.63, 3.8) is 0 Å². The summed E-state index contributed by atoms with van der Waals surface area (Å²) in [6.07, 6.45) is 2.51. The second-order valence-electron chi connectivity index (χ2n) is 4.73. The Bertz CT molecular complexity index is 427. The average Bonchev–Trinajstić information content (AvgIpc) is 2.64. The summed E-state index contributed by atoms with van der Waals surface area (Å²) in [5.41, 5.74) is 6.76. The fourth-order valence-electron chi connectivity index (χ4n) is 1.86. The molecule has 1 aromatic rings. The molecule has 18 heavy (non-hydrogen) atoms. The fourth-order valence-corrected chi connectivity index (χ4v) is 4.05. The summed E-state index contributed by atoms with van der Waals surface area (Å²) < 4.78 is 0. The SMILES string of the molecule is CCC(=O)c1sc(N(C)CC(C)C)c(SC)c1N. The molecule has 1 heterocycles. The molecule has 0 saturated carbocycles. The lowest BCUT2D eigenvalue weighted by Gasteiger charge is -2.20. The van der Waals surface area contributed by atoms with Crippen LogP contribution in [0.15, 0.2) is 4.90 Å². The van der Waals surface area contributed by atoms with E-state index in [2.05, 4.69) is 25.8 Å². The van der Waals surface area contributed by atoms with Gasteiger partial charge in [-0.1, -0.05) is 20.8 Å². The largest absolute Gasteiger partial charge is 0.396 e. The van der Waals surface area contributed by atoms with Crippen molar-refractivity contribution < 1.29 is 4.79 Å². The van der Waals surface area contributed by atoms with Crippen molar-refractivity contribution in [2.75, 3.05) is 30.5 Å². The quantitative estimate of drug-likeness (QED) is 0.639. The van der Waals surface area contributed by atoms with Gasteiger partial charge in [-0.25, -0.2) is 0 Å². The molecule has 5 heteroatoms. The maximum atomic E-state index is 11.9. The van der Waals surface area contributed by atoms with E-state index in [-0.39, 0.29) is 5.78 Å². The van der Waals surface area contributed by atoms with E-state index in [4.69, 9.17) is 5.73 Å². The summed E-state index contributed by atoms with van der Waals surface area (Å²) in [4.78, 5) is 15.8. The van der Waals surface area contributed by atoms with Crippen molar-refractivity contribution in [2.24, 2.45) is 5.92 Å². The molecule has 0 aromatic carbocycles. The number of nitrogens with two attached hydrogens (primary N) is 1. The third-order valence-electron chi connectivity index (χ3n) is 2.65. The van der Waals surface area contributed by atoms with Gasteiger partial charge in [-0.15, -0.1) is 23.1 Å². The van der Waals surface area contributed by atoms with Gasteiger partial charge in [0.2, 0.25) is 0 Å². The lowest BCUT2D eigenvalue weighted by molar-refractivity contribution is 0.0992. The van der Waals surface area contributed by atoms with Gasteiger partial charge in [0.05, 0.1) is 15.5 Å². The normalized spacial score (nSPS) is 11.0. The Balaban J connectivity index is 3.15. The van der Waals surface area contributed by atoms with Gasteiger partial charge in [0.1, 0.15) is 5.00 Å². The van der Waals surface area contributed by atoms with Crippen molar-refractivity contribution >= 4 is 39.6 Å². The molecule has 0 aliphatic carbocycles. The summed E-state index contributed by atoms with van der Waals surface area (Å²) in [5.74, 6) is 0.718. The molecule has 0 spiro atoms. The highest BCUT2D eigenvalue weighted by atomic mass is 32.2. The first-order valence-electron chi connectivity index (χ1n) is 6.12. The number of thiophene rings is 1. The molecule has 0 bridgehead atoms. The fraction of sp³-hybridized carbons (Fsp3) is 0.615. The van der Waals surface area contributed by atoms with Gasteiger partial charge in [0.25, 0.3) is 0 Å². The molecule has 3 nitrogen and oxygen atoms in total. The molecule has 0 saturated heterocycles. The Hall–Kier alpha value is -0.680. The van der Waals surface area contributed by atoms with E-state index in [1.165, 1.54) is 11.3 Å². The number of ketones is 1. The van der Waals surface area contributed by atoms with Crippen molar-refractivity contribution in [1.29, 1.82) is 0 Å². The number of Topliss-reactive ketones (excluding diaryl/α,β-unsaturated/α-hetero) is 1. The van der Waals surface area contributed by atoms with Crippen LogP contribution in [0, 0.1) is 5.92 Å². The van der Waals surface area contributed by atoms with Crippen LogP contribution in [0.25, 0.3) is 0 Å². The minimum Gasteiger partial charge on any atom is -0.396 e. The van der Waals surface area contributed by atoms with E-state index in [1.807, 2.05) is 13.2 Å². The van der Waals surface area contributed by atoms with E-state index in [0.29, 0.717) is 22.9 Å². The maximum Gasteiger partial charge on any atom is 0.174 e. The number of thioether (sulfide) groups is 1. The molecule has 0 fully saturated rings. The summed E-state index contributed by atoms with van der Waals surface area (Å²) in [7, 11) is 2.06. The Morgan fingerprint density at radius 2 is 2.11 bits per heavy atom. The lowest BCUT2D eigenvalue weighted by atomic mass is 10.2. The van der Waals surface area contributed by atoms with Gasteiger partial charge >= 0.3 is 0 Å². The second-order valence-corrected chi connectivity index (χ2v) is 6.55. The molecule has 102 valence electrons. The smallest absolute Gasteiger partial charge is 0.174 e. The summed E-state index contributed by atoms with van der Waals surface area (Å²) in [6, 6.07) is 0. The minimum absolute atomic E-state index is 0.136. The number of anilines is 2. The van der Waals surface area contributed by atoms with Gasteiger partial charge in [-0.2, -0.15) is 0 Å². The highest BCUT2D eigenvalue weighted by molar-refractivity contribution is 7.99. The zero-order valence-electron chi connectivity index (χ0n) is 11.7. The van der Waals surface area contributed by atoms with Crippen molar-refractivity contribution in [2.45, 2.75) is 32.1 Å². The van der Waals surface area contributed by atoms with Crippen LogP contribution < -0.4 is 10.6 Å². The van der Waals surface area contributed by atoms with E-state index in [0.717, 1.165) is 16.4 Å². The van der Waals surface area contributed by atoms with Crippen molar-refractivity contribution in [3.8, 4) is 0 Å². The molecule has 0 unspecified atom stereocenters.